The molecule has 0 spiro atoms. The van der Waals surface area contributed by atoms with Gasteiger partial charge in [0.1, 0.15) is 5.82 Å². The molecule has 0 aliphatic heterocycles. The van der Waals surface area contributed by atoms with Gasteiger partial charge >= 0.3 is 0 Å². The van der Waals surface area contributed by atoms with Gasteiger partial charge in [0.2, 0.25) is 5.95 Å². The van der Waals surface area contributed by atoms with Crippen molar-refractivity contribution in [2.75, 3.05) is 10.0 Å². The number of rotatable bonds is 6. The van der Waals surface area contributed by atoms with Crippen molar-refractivity contribution in [3.8, 4) is 10.7 Å². The predicted octanol–water partition coefficient (Wildman–Crippen LogP) is 5.30. The van der Waals surface area contributed by atoms with Gasteiger partial charge in [0.05, 0.1) is 15.3 Å². The molecule has 2 aromatic carbocycles. The van der Waals surface area contributed by atoms with Crippen molar-refractivity contribution < 1.29 is 8.42 Å². The minimum atomic E-state index is -3.81. The fourth-order valence-corrected chi connectivity index (χ4v) is 5.20. The van der Waals surface area contributed by atoms with Crippen LogP contribution in [0.15, 0.2) is 83.3 Å². The van der Waals surface area contributed by atoms with Crippen LogP contribution < -0.4 is 10.0 Å². The lowest BCUT2D eigenvalue weighted by Gasteiger charge is -2.12. The van der Waals surface area contributed by atoms with Crippen LogP contribution in [0, 0.1) is 3.57 Å². The number of hydrogen-bond acceptors (Lipinski definition) is 8. The Morgan fingerprint density at radius 1 is 0.909 bits per heavy atom. The molecule has 0 unspecified atom stereocenters. The molecule has 33 heavy (non-hydrogen) atoms. The Bertz CT molecular complexity index is 1530. The summed E-state index contributed by atoms with van der Waals surface area (Å²) >= 11 is 3.82. The van der Waals surface area contributed by atoms with Gasteiger partial charge < -0.3 is 5.32 Å². The molecule has 5 rings (SSSR count). The first kappa shape index (κ1) is 21.7. The summed E-state index contributed by atoms with van der Waals surface area (Å²) in [4.78, 5) is 18.3. The monoisotopic (exact) mass is 586 g/mol. The van der Waals surface area contributed by atoms with Crippen LogP contribution in [0.2, 0.25) is 0 Å². The van der Waals surface area contributed by atoms with E-state index in [1.807, 2.05) is 35.7 Å². The molecule has 0 atom stereocenters. The molecule has 5 aromatic rings. The Kier molecular flexibility index (Phi) is 5.91. The van der Waals surface area contributed by atoms with Crippen molar-refractivity contribution in [1.82, 2.24) is 19.9 Å². The molecular weight excluding hydrogens is 571 g/mol. The van der Waals surface area contributed by atoms with Gasteiger partial charge in [-0.15, -0.1) is 11.3 Å². The van der Waals surface area contributed by atoms with Crippen molar-refractivity contribution in [3.05, 3.63) is 82.0 Å². The SMILES string of the molecule is O=S(=O)(Nc1ncccn1)c1ccc(Nc2nc(-c3cccs3)nc3ccc(I)cc23)cc1. The number of anilines is 3. The minimum absolute atomic E-state index is 0.0165. The van der Waals surface area contributed by atoms with Gasteiger partial charge in [-0.05, 0) is 82.6 Å². The van der Waals surface area contributed by atoms with E-state index >= 15 is 0 Å². The van der Waals surface area contributed by atoms with Gasteiger partial charge in [-0.3, -0.25) is 0 Å². The van der Waals surface area contributed by atoms with Crippen LogP contribution in [0.25, 0.3) is 21.6 Å². The molecule has 8 nitrogen and oxygen atoms in total. The van der Waals surface area contributed by atoms with Crippen LogP contribution in [0.1, 0.15) is 0 Å². The lowest BCUT2D eigenvalue weighted by Crippen LogP contribution is -2.14. The molecule has 0 bridgehead atoms. The van der Waals surface area contributed by atoms with Gasteiger partial charge in [-0.2, -0.15) is 0 Å². The second-order valence-electron chi connectivity index (χ2n) is 6.86. The van der Waals surface area contributed by atoms with Crippen molar-refractivity contribution in [1.29, 1.82) is 0 Å². The smallest absolute Gasteiger partial charge is 0.264 e. The van der Waals surface area contributed by atoms with Crippen LogP contribution in [0.5, 0.6) is 0 Å². The summed E-state index contributed by atoms with van der Waals surface area (Å²) in [5.41, 5.74) is 1.52. The molecule has 0 saturated carbocycles. The highest BCUT2D eigenvalue weighted by molar-refractivity contribution is 14.1. The third kappa shape index (κ3) is 4.79. The Hall–Kier alpha value is -3.16. The molecule has 3 aromatic heterocycles. The quantitative estimate of drug-likeness (QED) is 0.260. The van der Waals surface area contributed by atoms with Crippen molar-refractivity contribution >= 4 is 72.3 Å². The number of halogens is 1. The topological polar surface area (TPSA) is 110 Å². The lowest BCUT2D eigenvalue weighted by molar-refractivity contribution is 0.601. The molecule has 0 radical (unpaired) electrons. The van der Waals surface area contributed by atoms with Gasteiger partial charge in [0, 0.05) is 27.0 Å². The Morgan fingerprint density at radius 3 is 2.42 bits per heavy atom. The average Bonchev–Trinajstić information content (AvgIpc) is 3.35. The number of fused-ring (bicyclic) bond motifs is 1. The standard InChI is InChI=1S/C22H15IN6O2S2/c23-14-4-9-18-17(13-14)20(28-21(27-18)19-3-1-12-32-19)26-15-5-7-16(8-6-15)33(30,31)29-22-24-10-2-11-25-22/h1-13H,(H,24,25,29)(H,26,27,28). The van der Waals surface area contributed by atoms with E-state index in [1.165, 1.54) is 24.5 Å². The van der Waals surface area contributed by atoms with E-state index in [0.717, 1.165) is 19.4 Å². The number of hydrogen-bond donors (Lipinski definition) is 2. The number of nitrogens with one attached hydrogen (secondary N) is 2. The predicted molar refractivity (Wildman–Crippen MR) is 138 cm³/mol. The first-order valence-electron chi connectivity index (χ1n) is 9.66. The summed E-state index contributed by atoms with van der Waals surface area (Å²) in [5.74, 6) is 1.30. The molecule has 164 valence electrons. The van der Waals surface area contributed by atoms with E-state index in [4.69, 9.17) is 9.97 Å². The molecule has 2 N–H and O–H groups in total. The average molecular weight is 586 g/mol. The van der Waals surface area contributed by atoms with Gasteiger partial charge in [0.25, 0.3) is 10.0 Å². The van der Waals surface area contributed by atoms with Crippen LogP contribution in [-0.4, -0.2) is 28.4 Å². The Morgan fingerprint density at radius 2 is 1.70 bits per heavy atom. The number of benzene rings is 2. The first-order chi connectivity index (χ1) is 16.0. The van der Waals surface area contributed by atoms with Gasteiger partial charge in [0.15, 0.2) is 5.82 Å². The minimum Gasteiger partial charge on any atom is -0.340 e. The second-order valence-corrected chi connectivity index (χ2v) is 10.7. The summed E-state index contributed by atoms with van der Waals surface area (Å²) in [6.07, 6.45) is 2.94. The zero-order valence-corrected chi connectivity index (χ0v) is 20.6. The van der Waals surface area contributed by atoms with E-state index in [2.05, 4.69) is 42.6 Å². The summed E-state index contributed by atoms with van der Waals surface area (Å²) in [5, 5.41) is 6.18. The fourth-order valence-electron chi connectivity index (χ4n) is 3.10. The van der Waals surface area contributed by atoms with Crippen molar-refractivity contribution in [3.63, 3.8) is 0 Å². The zero-order chi connectivity index (χ0) is 22.8. The molecule has 0 amide bonds. The van der Waals surface area contributed by atoms with Gasteiger partial charge in [-0.25, -0.2) is 33.1 Å². The maximum absolute atomic E-state index is 12.6. The molecule has 0 aliphatic carbocycles. The highest BCUT2D eigenvalue weighted by atomic mass is 127. The highest BCUT2D eigenvalue weighted by Crippen LogP contribution is 2.30. The molecule has 0 fully saturated rings. The Labute approximate surface area is 207 Å². The van der Waals surface area contributed by atoms with E-state index in [0.29, 0.717) is 17.3 Å². The highest BCUT2D eigenvalue weighted by Gasteiger charge is 2.16. The maximum Gasteiger partial charge on any atom is 0.264 e. The summed E-state index contributed by atoms with van der Waals surface area (Å²) in [6.45, 7) is 0. The third-order valence-electron chi connectivity index (χ3n) is 4.62. The third-order valence-corrected chi connectivity index (χ3v) is 7.50. The van der Waals surface area contributed by atoms with Crippen molar-refractivity contribution in [2.24, 2.45) is 0 Å². The molecule has 3 heterocycles. The number of nitrogens with zero attached hydrogens (tertiary/aromatic N) is 4. The molecule has 11 heteroatoms. The maximum atomic E-state index is 12.6. The van der Waals surface area contributed by atoms with E-state index in [-0.39, 0.29) is 10.8 Å². The van der Waals surface area contributed by atoms with Crippen LogP contribution in [-0.2, 0) is 10.0 Å². The fraction of sp³-hybridized carbons (Fsp3) is 0. The summed E-state index contributed by atoms with van der Waals surface area (Å²) < 4.78 is 28.7. The van der Waals surface area contributed by atoms with Crippen LogP contribution >= 0.6 is 33.9 Å². The normalized spacial score (nSPS) is 11.4. The van der Waals surface area contributed by atoms with E-state index < -0.39 is 10.0 Å². The van der Waals surface area contributed by atoms with E-state index in [1.54, 1.807) is 29.5 Å². The second kappa shape index (κ2) is 9.00. The first-order valence-corrected chi connectivity index (χ1v) is 13.1. The van der Waals surface area contributed by atoms with Gasteiger partial charge in [-0.1, -0.05) is 6.07 Å². The molecular formula is C22H15IN6O2S2. The lowest BCUT2D eigenvalue weighted by atomic mass is 10.2. The summed E-state index contributed by atoms with van der Waals surface area (Å²) in [6, 6.07) is 17.9. The Balaban J connectivity index is 1.47. The van der Waals surface area contributed by atoms with E-state index in [9.17, 15) is 8.42 Å². The van der Waals surface area contributed by atoms with Crippen LogP contribution in [0.4, 0.5) is 17.5 Å². The largest absolute Gasteiger partial charge is 0.340 e. The van der Waals surface area contributed by atoms with Crippen LogP contribution in [0.3, 0.4) is 0 Å². The molecule has 0 aliphatic rings. The number of aromatic nitrogens is 4. The zero-order valence-electron chi connectivity index (χ0n) is 16.8. The number of thiophene rings is 1. The number of sulfonamides is 1. The molecule has 0 saturated heterocycles. The summed E-state index contributed by atoms with van der Waals surface area (Å²) in [7, 11) is -3.81. The van der Waals surface area contributed by atoms with Crippen molar-refractivity contribution in [2.45, 2.75) is 4.90 Å².